The Balaban J connectivity index is 1.46. The zero-order chi connectivity index (χ0) is 27.0. The van der Waals surface area contributed by atoms with Crippen LogP contribution in [0.3, 0.4) is 0 Å². The number of hydrogen-bond donors (Lipinski definition) is 3. The number of carbonyl (C=O) groups is 1. The average molecular weight is 551 g/mol. The second kappa shape index (κ2) is 10.2. The number of benzene rings is 1. The topological polar surface area (TPSA) is 124 Å². The van der Waals surface area contributed by atoms with E-state index in [-0.39, 0.29) is 46.4 Å². The number of alkyl halides is 3. The summed E-state index contributed by atoms with van der Waals surface area (Å²) in [5.41, 5.74) is 0.0445. The van der Waals surface area contributed by atoms with E-state index in [4.69, 9.17) is 21.4 Å². The number of pyridine rings is 1. The van der Waals surface area contributed by atoms with Gasteiger partial charge in [-0.05, 0) is 24.6 Å². The van der Waals surface area contributed by atoms with Crippen LogP contribution >= 0.6 is 11.6 Å². The van der Waals surface area contributed by atoms with E-state index in [9.17, 15) is 23.1 Å². The highest BCUT2D eigenvalue weighted by molar-refractivity contribution is 6.33. The summed E-state index contributed by atoms with van der Waals surface area (Å²) in [6.07, 6.45) is -2.40. The molecule has 4 heterocycles. The Labute approximate surface area is 219 Å². The fourth-order valence-electron chi connectivity index (χ4n) is 4.41. The van der Waals surface area contributed by atoms with Gasteiger partial charge in [-0.25, -0.2) is 9.78 Å². The molecule has 1 saturated heterocycles. The normalized spacial score (nSPS) is 17.3. The van der Waals surface area contributed by atoms with Gasteiger partial charge in [0.25, 0.3) is 0 Å². The highest BCUT2D eigenvalue weighted by atomic mass is 35.5. The number of aliphatic hydroxyl groups excluding tert-OH is 2. The summed E-state index contributed by atoms with van der Waals surface area (Å²) in [7, 11) is 0. The van der Waals surface area contributed by atoms with Crippen molar-refractivity contribution in [1.29, 1.82) is 0 Å². The molecule has 200 valence electrons. The van der Waals surface area contributed by atoms with Crippen LogP contribution in [0.1, 0.15) is 12.0 Å². The number of anilines is 3. The Morgan fingerprint density at radius 3 is 2.84 bits per heavy atom. The minimum absolute atomic E-state index is 0.0260. The van der Waals surface area contributed by atoms with Gasteiger partial charge < -0.3 is 19.8 Å². The van der Waals surface area contributed by atoms with Crippen molar-refractivity contribution in [2.24, 2.45) is 0 Å². The fourth-order valence-corrected chi connectivity index (χ4v) is 4.67. The molecule has 10 nitrogen and oxygen atoms in total. The van der Waals surface area contributed by atoms with E-state index in [0.29, 0.717) is 25.2 Å². The first-order valence-corrected chi connectivity index (χ1v) is 12.0. The third-order valence-electron chi connectivity index (χ3n) is 6.20. The van der Waals surface area contributed by atoms with E-state index < -0.39 is 30.5 Å². The lowest BCUT2D eigenvalue weighted by Gasteiger charge is -2.36. The van der Waals surface area contributed by atoms with Crippen molar-refractivity contribution in [3.05, 3.63) is 53.3 Å². The second-order valence-corrected chi connectivity index (χ2v) is 9.23. The van der Waals surface area contributed by atoms with Gasteiger partial charge in [-0.3, -0.25) is 15.2 Å². The van der Waals surface area contributed by atoms with Crippen molar-refractivity contribution in [2.45, 2.75) is 24.7 Å². The van der Waals surface area contributed by atoms with Crippen molar-refractivity contribution < 1.29 is 32.9 Å². The zero-order valence-electron chi connectivity index (χ0n) is 19.7. The Bertz CT molecular complexity index is 1360. The molecule has 1 unspecified atom stereocenters. The van der Waals surface area contributed by atoms with Crippen LogP contribution in [0.5, 0.6) is 5.88 Å². The van der Waals surface area contributed by atoms with Gasteiger partial charge in [-0.2, -0.15) is 18.2 Å². The average Bonchev–Trinajstić information content (AvgIpc) is 3.31. The molecule has 2 atom stereocenters. The molecule has 14 heteroatoms. The van der Waals surface area contributed by atoms with Crippen molar-refractivity contribution in [3.8, 4) is 17.1 Å². The van der Waals surface area contributed by atoms with Crippen molar-refractivity contribution in [3.63, 3.8) is 0 Å². The number of amides is 2. The van der Waals surface area contributed by atoms with E-state index in [1.165, 1.54) is 29.4 Å². The van der Waals surface area contributed by atoms with Crippen LogP contribution in [0.25, 0.3) is 11.3 Å². The van der Waals surface area contributed by atoms with E-state index in [0.717, 1.165) is 12.1 Å². The molecule has 0 aliphatic carbocycles. The second-order valence-electron chi connectivity index (χ2n) is 8.82. The lowest BCUT2D eigenvalue weighted by atomic mass is 10.1. The first-order chi connectivity index (χ1) is 18.1. The maximum Gasteiger partial charge on any atom is 0.416 e. The van der Waals surface area contributed by atoms with Gasteiger partial charge in [-0.15, -0.1) is 0 Å². The maximum atomic E-state index is 13.5. The third kappa shape index (κ3) is 5.17. The molecule has 2 amide bonds. The number of ether oxygens (including phenoxy) is 1. The number of aromatic nitrogens is 3. The largest absolute Gasteiger partial charge is 0.474 e. The molecule has 0 spiro atoms. The highest BCUT2D eigenvalue weighted by Gasteiger charge is 2.41. The summed E-state index contributed by atoms with van der Waals surface area (Å²) >= 11 is 6.48. The SMILES string of the molecule is O=C(Nc1cncc(OCC(O)CO)n1)N1c2nc(-c3cccc(C(F)(F)F)c3)c(Cl)cc2N2CC[C@H]1C2. The Morgan fingerprint density at radius 1 is 1.26 bits per heavy atom. The van der Waals surface area contributed by atoms with Crippen LogP contribution in [-0.4, -0.2) is 69.6 Å². The van der Waals surface area contributed by atoms with E-state index in [2.05, 4.69) is 20.3 Å². The molecule has 2 aliphatic rings. The summed E-state index contributed by atoms with van der Waals surface area (Å²) in [6, 6.07) is 5.50. The molecule has 5 rings (SSSR count). The van der Waals surface area contributed by atoms with Crippen LogP contribution in [-0.2, 0) is 6.18 Å². The van der Waals surface area contributed by atoms with Gasteiger partial charge in [0, 0.05) is 18.7 Å². The molecule has 2 bridgehead atoms. The van der Waals surface area contributed by atoms with Crippen molar-refractivity contribution in [2.75, 3.05) is 41.4 Å². The minimum Gasteiger partial charge on any atom is -0.474 e. The number of fused-ring (bicyclic) bond motifs is 4. The lowest BCUT2D eigenvalue weighted by molar-refractivity contribution is -0.137. The smallest absolute Gasteiger partial charge is 0.416 e. The minimum atomic E-state index is -4.54. The molecule has 1 fully saturated rings. The molecule has 3 N–H and O–H groups in total. The Kier molecular flexibility index (Phi) is 6.99. The lowest BCUT2D eigenvalue weighted by Crippen LogP contribution is -2.48. The summed E-state index contributed by atoms with van der Waals surface area (Å²) in [5.74, 6) is 0.359. The number of nitrogens with one attached hydrogen (secondary N) is 1. The first-order valence-electron chi connectivity index (χ1n) is 11.6. The summed E-state index contributed by atoms with van der Waals surface area (Å²) in [6.45, 7) is 0.479. The third-order valence-corrected chi connectivity index (χ3v) is 6.49. The first kappa shape index (κ1) is 25.9. The molecule has 0 saturated carbocycles. The molecule has 3 aromatic rings. The standard InChI is InChI=1S/C24H22ClF3N6O4/c25-17-7-18-22(32-21(17)13-2-1-3-14(6-13)24(26,27)28)34(15-4-5-33(18)10-15)23(37)31-19-8-29-9-20(30-19)38-12-16(36)11-35/h1-3,6-9,15-16,35-36H,4-5,10-12H2,(H,30,31,37)/t15-,16?/m0/s1. The number of rotatable bonds is 6. The predicted octanol–water partition coefficient (Wildman–Crippen LogP) is 3.57. The van der Waals surface area contributed by atoms with Crippen molar-refractivity contribution in [1.82, 2.24) is 15.0 Å². The van der Waals surface area contributed by atoms with Crippen LogP contribution in [0.4, 0.5) is 35.3 Å². The molecular weight excluding hydrogens is 529 g/mol. The molecule has 2 aliphatic heterocycles. The van der Waals surface area contributed by atoms with Gasteiger partial charge >= 0.3 is 12.2 Å². The van der Waals surface area contributed by atoms with Gasteiger partial charge in [0.05, 0.1) is 47.0 Å². The van der Waals surface area contributed by atoms with Crippen LogP contribution in [0.15, 0.2) is 42.7 Å². The Morgan fingerprint density at radius 2 is 2.08 bits per heavy atom. The Hall–Kier alpha value is -3.68. The number of halogens is 4. The summed E-state index contributed by atoms with van der Waals surface area (Å²) in [4.78, 5) is 29.6. The number of urea groups is 1. The van der Waals surface area contributed by atoms with Crippen molar-refractivity contribution >= 4 is 35.0 Å². The van der Waals surface area contributed by atoms with Gasteiger partial charge in [0.15, 0.2) is 11.6 Å². The summed E-state index contributed by atoms with van der Waals surface area (Å²) in [5, 5.41) is 21.2. The number of nitrogens with zero attached hydrogens (tertiary/aromatic N) is 5. The quantitative estimate of drug-likeness (QED) is 0.425. The van der Waals surface area contributed by atoms with Crippen LogP contribution in [0, 0.1) is 0 Å². The van der Waals surface area contributed by atoms with E-state index >= 15 is 0 Å². The molecule has 38 heavy (non-hydrogen) atoms. The van der Waals surface area contributed by atoms with Gasteiger partial charge in [0.2, 0.25) is 5.88 Å². The van der Waals surface area contributed by atoms with Crippen LogP contribution in [0.2, 0.25) is 5.02 Å². The molecular formula is C24H22ClF3N6O4. The maximum absolute atomic E-state index is 13.5. The summed E-state index contributed by atoms with van der Waals surface area (Å²) < 4.78 is 45.2. The highest BCUT2D eigenvalue weighted by Crippen LogP contribution is 2.43. The molecule has 1 aromatic carbocycles. The predicted molar refractivity (Wildman–Crippen MR) is 132 cm³/mol. The monoisotopic (exact) mass is 550 g/mol. The van der Waals surface area contributed by atoms with E-state index in [1.807, 2.05) is 4.90 Å². The zero-order valence-corrected chi connectivity index (χ0v) is 20.4. The number of carbonyl (C=O) groups excluding carboxylic acids is 1. The van der Waals surface area contributed by atoms with Gasteiger partial charge in [-0.1, -0.05) is 23.7 Å². The number of aliphatic hydroxyl groups is 2. The van der Waals surface area contributed by atoms with E-state index in [1.54, 1.807) is 6.07 Å². The fraction of sp³-hybridized carbons (Fsp3) is 0.333. The number of hydrogen-bond acceptors (Lipinski definition) is 8. The molecule has 0 radical (unpaired) electrons. The van der Waals surface area contributed by atoms with Gasteiger partial charge in [0.1, 0.15) is 12.7 Å². The molecule has 2 aromatic heterocycles. The van der Waals surface area contributed by atoms with Crippen LogP contribution < -0.4 is 19.9 Å².